The second-order valence-electron chi connectivity index (χ2n) is 4.67. The van der Waals surface area contributed by atoms with Crippen molar-refractivity contribution in [3.63, 3.8) is 0 Å². The van der Waals surface area contributed by atoms with E-state index >= 15 is 0 Å². The van der Waals surface area contributed by atoms with Crippen LogP contribution in [0.4, 0.5) is 0 Å². The van der Waals surface area contributed by atoms with Crippen molar-refractivity contribution in [2.75, 3.05) is 11.5 Å². The summed E-state index contributed by atoms with van der Waals surface area (Å²) in [6.07, 6.45) is 0. The number of carboxylic acid groups (broad SMARTS) is 1. The molecule has 1 aromatic heterocycles. The lowest BCUT2D eigenvalue weighted by molar-refractivity contribution is 0.0697. The molecule has 0 aliphatic heterocycles. The van der Waals surface area contributed by atoms with Crippen LogP contribution in [0, 0.1) is 0 Å². The minimum atomic E-state index is -1.08. The molecular formula is C14H16N2O4S. The molecule has 2 aromatic rings. The zero-order chi connectivity index (χ0) is 15.6. The number of carboxylic acids is 1. The van der Waals surface area contributed by atoms with Gasteiger partial charge in [-0.25, -0.2) is 4.79 Å². The molecule has 2 rings (SSSR count). The van der Waals surface area contributed by atoms with E-state index in [2.05, 4.69) is 4.98 Å². The molecule has 0 aliphatic rings. The highest BCUT2D eigenvalue weighted by Gasteiger charge is 2.15. The Morgan fingerprint density at radius 2 is 2.14 bits per heavy atom. The van der Waals surface area contributed by atoms with Crippen molar-refractivity contribution in [2.24, 2.45) is 0 Å². The summed E-state index contributed by atoms with van der Waals surface area (Å²) in [7, 11) is 0. The van der Waals surface area contributed by atoms with Crippen LogP contribution in [-0.2, 0) is 0 Å². The van der Waals surface area contributed by atoms with E-state index in [0.717, 1.165) is 5.75 Å². The summed E-state index contributed by atoms with van der Waals surface area (Å²) in [5.74, 6) is 0.545. The Bertz CT molecular complexity index is 794. The summed E-state index contributed by atoms with van der Waals surface area (Å²) in [6, 6.07) is 4.21. The van der Waals surface area contributed by atoms with Gasteiger partial charge < -0.3 is 10.1 Å². The Hall–Kier alpha value is -2.02. The zero-order valence-electron chi connectivity index (χ0n) is 11.8. The maximum atomic E-state index is 12.1. The first-order valence-corrected chi connectivity index (χ1v) is 7.70. The Labute approximate surface area is 124 Å². The van der Waals surface area contributed by atoms with Crippen LogP contribution in [-0.4, -0.2) is 32.1 Å². The second kappa shape index (κ2) is 6.17. The lowest BCUT2D eigenvalue weighted by Crippen LogP contribution is -2.38. The smallest absolute Gasteiger partial charge is 0.335 e. The number of benzene rings is 1. The van der Waals surface area contributed by atoms with Crippen LogP contribution < -0.4 is 11.1 Å². The molecule has 0 fully saturated rings. The van der Waals surface area contributed by atoms with Gasteiger partial charge in [-0.2, -0.15) is 11.8 Å². The monoisotopic (exact) mass is 308 g/mol. The topological polar surface area (TPSA) is 92.2 Å². The molecule has 1 heterocycles. The van der Waals surface area contributed by atoms with Crippen molar-refractivity contribution < 1.29 is 9.90 Å². The van der Waals surface area contributed by atoms with Gasteiger partial charge in [0.25, 0.3) is 0 Å². The minimum Gasteiger partial charge on any atom is -0.478 e. The van der Waals surface area contributed by atoms with Gasteiger partial charge in [0.1, 0.15) is 0 Å². The predicted molar refractivity (Wildman–Crippen MR) is 83.5 cm³/mol. The largest absolute Gasteiger partial charge is 0.478 e. The first-order valence-electron chi connectivity index (χ1n) is 6.55. The number of aromatic carboxylic acids is 1. The van der Waals surface area contributed by atoms with Crippen LogP contribution in [0.5, 0.6) is 0 Å². The average Bonchev–Trinajstić information content (AvgIpc) is 2.45. The highest BCUT2D eigenvalue weighted by atomic mass is 32.2. The van der Waals surface area contributed by atoms with Crippen LogP contribution in [0.25, 0.3) is 11.0 Å². The van der Waals surface area contributed by atoms with Crippen molar-refractivity contribution in [2.45, 2.75) is 19.9 Å². The number of hydrogen-bond acceptors (Lipinski definition) is 4. The third kappa shape index (κ3) is 3.02. The van der Waals surface area contributed by atoms with E-state index in [-0.39, 0.29) is 11.6 Å². The van der Waals surface area contributed by atoms with E-state index in [9.17, 15) is 14.4 Å². The van der Waals surface area contributed by atoms with Gasteiger partial charge in [0, 0.05) is 11.8 Å². The molecular weight excluding hydrogens is 292 g/mol. The summed E-state index contributed by atoms with van der Waals surface area (Å²) < 4.78 is 1.43. The van der Waals surface area contributed by atoms with Gasteiger partial charge in [0.15, 0.2) is 0 Å². The minimum absolute atomic E-state index is 0.0685. The maximum Gasteiger partial charge on any atom is 0.335 e. The van der Waals surface area contributed by atoms with Crippen LogP contribution in [0.15, 0.2) is 27.8 Å². The molecule has 21 heavy (non-hydrogen) atoms. The number of aromatic nitrogens is 2. The zero-order valence-corrected chi connectivity index (χ0v) is 12.6. The quantitative estimate of drug-likeness (QED) is 0.820. The maximum absolute atomic E-state index is 12.1. The van der Waals surface area contributed by atoms with Crippen LogP contribution >= 0.6 is 11.8 Å². The number of rotatable bonds is 5. The van der Waals surface area contributed by atoms with Gasteiger partial charge in [-0.15, -0.1) is 0 Å². The molecule has 0 saturated carbocycles. The number of nitrogens with one attached hydrogen (secondary N) is 1. The van der Waals surface area contributed by atoms with Gasteiger partial charge in [-0.3, -0.25) is 14.2 Å². The van der Waals surface area contributed by atoms with Gasteiger partial charge in [0.2, 0.25) is 0 Å². The fourth-order valence-electron chi connectivity index (χ4n) is 2.17. The second-order valence-corrected chi connectivity index (χ2v) is 5.99. The predicted octanol–water partition coefficient (Wildman–Crippen LogP) is 1.70. The van der Waals surface area contributed by atoms with E-state index in [1.165, 1.54) is 16.7 Å². The standard InChI is InChI=1S/C14H16N2O4S/c1-3-21-7-8(2)16-11-5-4-9(14(19)20)6-10(11)15-12(17)13(16)18/h4-6,8H,3,7H2,1-2H3,(H,15,17)(H,19,20). The fourth-order valence-corrected chi connectivity index (χ4v) is 2.90. The normalized spacial score (nSPS) is 12.5. The van der Waals surface area contributed by atoms with Gasteiger partial charge in [-0.05, 0) is 30.9 Å². The van der Waals surface area contributed by atoms with Crippen LogP contribution in [0.1, 0.15) is 30.2 Å². The molecule has 6 nitrogen and oxygen atoms in total. The van der Waals surface area contributed by atoms with Crippen molar-refractivity contribution in [1.82, 2.24) is 9.55 Å². The van der Waals surface area contributed by atoms with Crippen LogP contribution in [0.3, 0.4) is 0 Å². The Morgan fingerprint density at radius 1 is 1.43 bits per heavy atom. The molecule has 2 N–H and O–H groups in total. The van der Waals surface area contributed by atoms with Crippen molar-refractivity contribution in [1.29, 1.82) is 0 Å². The summed E-state index contributed by atoms with van der Waals surface area (Å²) >= 11 is 1.68. The summed E-state index contributed by atoms with van der Waals surface area (Å²) in [5, 5.41) is 9.00. The van der Waals surface area contributed by atoms with E-state index in [0.29, 0.717) is 16.8 Å². The summed E-state index contributed by atoms with van der Waals surface area (Å²) in [4.78, 5) is 37.3. The van der Waals surface area contributed by atoms with E-state index in [4.69, 9.17) is 5.11 Å². The van der Waals surface area contributed by atoms with Crippen molar-refractivity contribution in [3.8, 4) is 0 Å². The lowest BCUT2D eigenvalue weighted by atomic mass is 10.2. The number of hydrogen-bond donors (Lipinski definition) is 2. The van der Waals surface area contributed by atoms with Crippen molar-refractivity contribution >= 4 is 28.8 Å². The van der Waals surface area contributed by atoms with Gasteiger partial charge >= 0.3 is 17.1 Å². The molecule has 1 atom stereocenters. The number of thioether (sulfide) groups is 1. The van der Waals surface area contributed by atoms with E-state index in [1.54, 1.807) is 17.8 Å². The summed E-state index contributed by atoms with van der Waals surface area (Å²) in [5.41, 5.74) is -0.395. The molecule has 1 unspecified atom stereocenters. The average molecular weight is 308 g/mol. The molecule has 0 aliphatic carbocycles. The molecule has 0 amide bonds. The third-order valence-electron chi connectivity index (χ3n) is 3.17. The van der Waals surface area contributed by atoms with Crippen molar-refractivity contribution in [3.05, 3.63) is 44.5 Å². The first-order chi connectivity index (χ1) is 9.95. The molecule has 1 aromatic carbocycles. The van der Waals surface area contributed by atoms with Gasteiger partial charge in [-0.1, -0.05) is 6.92 Å². The number of aromatic amines is 1. The van der Waals surface area contributed by atoms with E-state index in [1.807, 2.05) is 13.8 Å². The molecule has 7 heteroatoms. The lowest BCUT2D eigenvalue weighted by Gasteiger charge is -2.17. The third-order valence-corrected chi connectivity index (χ3v) is 4.29. The fraction of sp³-hybridized carbons (Fsp3) is 0.357. The first kappa shape index (κ1) is 15.4. The number of carbonyl (C=O) groups is 1. The van der Waals surface area contributed by atoms with Gasteiger partial charge in [0.05, 0.1) is 16.6 Å². The summed E-state index contributed by atoms with van der Waals surface area (Å²) in [6.45, 7) is 3.89. The van der Waals surface area contributed by atoms with Crippen LogP contribution in [0.2, 0.25) is 0 Å². The number of fused-ring (bicyclic) bond motifs is 1. The Balaban J connectivity index is 2.68. The Kier molecular flexibility index (Phi) is 4.52. The number of nitrogens with zero attached hydrogens (tertiary/aromatic N) is 1. The Morgan fingerprint density at radius 3 is 2.76 bits per heavy atom. The highest BCUT2D eigenvalue weighted by molar-refractivity contribution is 7.99. The SMILES string of the molecule is CCSCC(C)n1c(=O)c(=O)[nH]c2cc(C(=O)O)ccc21. The number of H-pyrrole nitrogens is 1. The molecule has 0 radical (unpaired) electrons. The highest BCUT2D eigenvalue weighted by Crippen LogP contribution is 2.18. The van der Waals surface area contributed by atoms with E-state index < -0.39 is 17.1 Å². The molecule has 0 bridgehead atoms. The molecule has 0 spiro atoms. The molecule has 0 saturated heterocycles. The molecule has 112 valence electrons.